The first kappa shape index (κ1) is 15.4. The molecule has 6 nitrogen and oxygen atoms in total. The van der Waals surface area contributed by atoms with Crippen molar-refractivity contribution < 1.29 is 15.0 Å². The number of carbonyl (C=O) groups excluding carboxylic acids is 1. The van der Waals surface area contributed by atoms with Crippen LogP contribution in [0.5, 0.6) is 0 Å². The molecule has 2 rings (SSSR count). The van der Waals surface area contributed by atoms with Gasteiger partial charge in [-0.15, -0.1) is 0 Å². The number of β-amino-alcohol motifs (C(OH)–C–C–N with tert-alkyl or cyclic N) is 1. The zero-order valence-corrected chi connectivity index (χ0v) is 11.9. The van der Waals surface area contributed by atoms with Crippen molar-refractivity contribution in [1.82, 2.24) is 4.90 Å². The average Bonchev–Trinajstić information content (AvgIpc) is 2.74. The minimum atomic E-state index is -0.578. The van der Waals surface area contributed by atoms with E-state index in [1.807, 2.05) is 13.0 Å². The summed E-state index contributed by atoms with van der Waals surface area (Å²) >= 11 is 0. The van der Waals surface area contributed by atoms with E-state index in [1.54, 1.807) is 29.2 Å². The van der Waals surface area contributed by atoms with Gasteiger partial charge in [0, 0.05) is 17.8 Å². The molecule has 1 heterocycles. The number of aliphatic hydroxyl groups is 2. The molecular formula is C15H19N3O3. The Morgan fingerprint density at radius 1 is 1.62 bits per heavy atom. The van der Waals surface area contributed by atoms with Crippen LogP contribution in [0.1, 0.15) is 18.9 Å². The summed E-state index contributed by atoms with van der Waals surface area (Å²) < 4.78 is 0. The lowest BCUT2D eigenvalue weighted by Crippen LogP contribution is -2.47. The number of nitriles is 1. The van der Waals surface area contributed by atoms with Gasteiger partial charge in [0.25, 0.3) is 0 Å². The smallest absolute Gasteiger partial charge is 0.238 e. The lowest BCUT2D eigenvalue weighted by atomic mass is 9.99. The first-order chi connectivity index (χ1) is 9.96. The Morgan fingerprint density at radius 3 is 3.05 bits per heavy atom. The van der Waals surface area contributed by atoms with Gasteiger partial charge in [-0.3, -0.25) is 9.69 Å². The average molecular weight is 289 g/mol. The molecule has 2 unspecified atom stereocenters. The van der Waals surface area contributed by atoms with Crippen molar-refractivity contribution in [1.29, 1.82) is 5.26 Å². The molecule has 1 aromatic rings. The number of rotatable bonds is 4. The molecule has 0 spiro atoms. The normalized spacial score (nSPS) is 25.5. The SMILES string of the molecule is CC1(CO)CC(O)CN1CC(=O)Nc1cccc(C#N)c1. The Morgan fingerprint density at radius 2 is 2.38 bits per heavy atom. The third kappa shape index (κ3) is 3.58. The summed E-state index contributed by atoms with van der Waals surface area (Å²) in [6.45, 7) is 2.17. The Hall–Kier alpha value is -1.94. The number of benzene rings is 1. The molecule has 3 N–H and O–H groups in total. The summed E-state index contributed by atoms with van der Waals surface area (Å²) in [7, 11) is 0. The standard InChI is InChI=1S/C15H19N3O3/c1-15(10-19)6-13(20)8-18(15)9-14(21)17-12-4-2-3-11(5-12)7-16/h2-5,13,19-20H,6,8-10H2,1H3,(H,17,21). The monoisotopic (exact) mass is 289 g/mol. The maximum absolute atomic E-state index is 12.1. The minimum Gasteiger partial charge on any atom is -0.394 e. The largest absolute Gasteiger partial charge is 0.394 e. The van der Waals surface area contributed by atoms with Gasteiger partial charge >= 0.3 is 0 Å². The molecule has 1 aromatic carbocycles. The molecule has 1 fully saturated rings. The van der Waals surface area contributed by atoms with Crippen LogP contribution in [0, 0.1) is 11.3 Å². The number of hydrogen-bond acceptors (Lipinski definition) is 5. The van der Waals surface area contributed by atoms with Gasteiger partial charge in [0.1, 0.15) is 0 Å². The van der Waals surface area contributed by atoms with Crippen LogP contribution in [0.4, 0.5) is 5.69 Å². The second-order valence-corrected chi connectivity index (χ2v) is 5.63. The molecule has 2 atom stereocenters. The quantitative estimate of drug-likeness (QED) is 0.741. The summed E-state index contributed by atoms with van der Waals surface area (Å²) in [5.41, 5.74) is 0.458. The van der Waals surface area contributed by atoms with Crippen LogP contribution in [0.15, 0.2) is 24.3 Å². The fourth-order valence-corrected chi connectivity index (χ4v) is 2.64. The number of amides is 1. The maximum atomic E-state index is 12.1. The zero-order chi connectivity index (χ0) is 15.5. The van der Waals surface area contributed by atoms with Crippen LogP contribution in [0.3, 0.4) is 0 Å². The summed E-state index contributed by atoms with van der Waals surface area (Å²) in [5, 5.41) is 30.7. The van der Waals surface area contributed by atoms with Gasteiger partial charge in [-0.05, 0) is 31.5 Å². The number of nitrogens with one attached hydrogen (secondary N) is 1. The number of aliphatic hydroxyl groups excluding tert-OH is 2. The van der Waals surface area contributed by atoms with Gasteiger partial charge < -0.3 is 15.5 Å². The first-order valence-corrected chi connectivity index (χ1v) is 6.81. The Kier molecular flexibility index (Phi) is 4.58. The van der Waals surface area contributed by atoms with E-state index in [0.717, 1.165) is 0 Å². The van der Waals surface area contributed by atoms with Crippen LogP contribution in [0.25, 0.3) is 0 Å². The fraction of sp³-hybridized carbons (Fsp3) is 0.467. The molecule has 0 saturated carbocycles. The molecule has 0 aliphatic carbocycles. The van der Waals surface area contributed by atoms with Crippen molar-refractivity contribution in [3.05, 3.63) is 29.8 Å². The second-order valence-electron chi connectivity index (χ2n) is 5.63. The molecule has 0 radical (unpaired) electrons. The number of carbonyl (C=O) groups is 1. The number of hydrogen-bond donors (Lipinski definition) is 3. The van der Waals surface area contributed by atoms with Crippen molar-refractivity contribution in [3.8, 4) is 6.07 Å². The van der Waals surface area contributed by atoms with E-state index in [-0.39, 0.29) is 19.1 Å². The molecule has 1 aliphatic rings. The maximum Gasteiger partial charge on any atom is 0.238 e. The Balaban J connectivity index is 2.00. The van der Waals surface area contributed by atoms with Crippen LogP contribution in [-0.2, 0) is 4.79 Å². The van der Waals surface area contributed by atoms with Gasteiger partial charge in [0.2, 0.25) is 5.91 Å². The van der Waals surface area contributed by atoms with E-state index < -0.39 is 11.6 Å². The molecule has 0 aromatic heterocycles. The topological polar surface area (TPSA) is 96.6 Å². The molecule has 0 bridgehead atoms. The van der Waals surface area contributed by atoms with Crippen LogP contribution < -0.4 is 5.32 Å². The first-order valence-electron chi connectivity index (χ1n) is 6.81. The van der Waals surface area contributed by atoms with Crippen molar-refractivity contribution in [2.75, 3.05) is 25.0 Å². The summed E-state index contributed by atoms with van der Waals surface area (Å²) in [5.74, 6) is -0.237. The highest BCUT2D eigenvalue weighted by atomic mass is 16.3. The summed E-state index contributed by atoms with van der Waals surface area (Å²) in [6, 6.07) is 8.69. The molecule has 21 heavy (non-hydrogen) atoms. The summed E-state index contributed by atoms with van der Waals surface area (Å²) in [6.07, 6.45) is -0.0855. The highest BCUT2D eigenvalue weighted by Crippen LogP contribution is 2.28. The molecule has 1 aliphatic heterocycles. The minimum absolute atomic E-state index is 0.0882. The third-order valence-electron chi connectivity index (χ3n) is 3.82. The van der Waals surface area contributed by atoms with Gasteiger partial charge in [-0.2, -0.15) is 5.26 Å². The van der Waals surface area contributed by atoms with E-state index in [9.17, 15) is 15.0 Å². The highest BCUT2D eigenvalue weighted by molar-refractivity contribution is 5.92. The molecule has 6 heteroatoms. The zero-order valence-electron chi connectivity index (χ0n) is 11.9. The van der Waals surface area contributed by atoms with Crippen molar-refractivity contribution in [2.24, 2.45) is 0 Å². The fourth-order valence-electron chi connectivity index (χ4n) is 2.64. The predicted octanol–water partition coefficient (Wildman–Crippen LogP) is 0.314. The van der Waals surface area contributed by atoms with E-state index in [0.29, 0.717) is 24.2 Å². The number of nitrogens with zero attached hydrogens (tertiary/aromatic N) is 2. The Labute approximate surface area is 123 Å². The van der Waals surface area contributed by atoms with Crippen LogP contribution in [-0.4, -0.2) is 52.4 Å². The molecular weight excluding hydrogens is 270 g/mol. The van der Waals surface area contributed by atoms with Crippen LogP contribution in [0.2, 0.25) is 0 Å². The van der Waals surface area contributed by atoms with Gasteiger partial charge in [-0.25, -0.2) is 0 Å². The number of likely N-dealkylation sites (tertiary alicyclic amines) is 1. The van der Waals surface area contributed by atoms with E-state index in [2.05, 4.69) is 5.32 Å². The molecule has 1 amide bonds. The Bertz CT molecular complexity index is 570. The lowest BCUT2D eigenvalue weighted by Gasteiger charge is -2.32. The van der Waals surface area contributed by atoms with Gasteiger partial charge in [0.05, 0.1) is 30.9 Å². The van der Waals surface area contributed by atoms with E-state index in [1.165, 1.54) is 0 Å². The van der Waals surface area contributed by atoms with Crippen LogP contribution >= 0.6 is 0 Å². The van der Waals surface area contributed by atoms with Gasteiger partial charge in [0.15, 0.2) is 0 Å². The second kappa shape index (κ2) is 6.22. The lowest BCUT2D eigenvalue weighted by molar-refractivity contribution is -0.118. The van der Waals surface area contributed by atoms with Crippen molar-refractivity contribution in [2.45, 2.75) is 25.0 Å². The number of anilines is 1. The highest BCUT2D eigenvalue weighted by Gasteiger charge is 2.41. The van der Waals surface area contributed by atoms with Crippen molar-refractivity contribution >= 4 is 11.6 Å². The van der Waals surface area contributed by atoms with Crippen molar-refractivity contribution in [3.63, 3.8) is 0 Å². The molecule has 112 valence electrons. The van der Waals surface area contributed by atoms with E-state index in [4.69, 9.17) is 5.26 Å². The molecule has 1 saturated heterocycles. The van der Waals surface area contributed by atoms with E-state index >= 15 is 0 Å². The predicted molar refractivity (Wildman–Crippen MR) is 77.5 cm³/mol. The summed E-state index contributed by atoms with van der Waals surface area (Å²) in [4.78, 5) is 13.9. The third-order valence-corrected chi connectivity index (χ3v) is 3.82. The van der Waals surface area contributed by atoms with Gasteiger partial charge in [-0.1, -0.05) is 6.07 Å².